The van der Waals surface area contributed by atoms with E-state index >= 15 is 0 Å². The number of aryl methyl sites for hydroxylation is 1. The Bertz CT molecular complexity index is 561. The number of piperazine rings is 1. The molecule has 1 aromatic rings. The lowest BCUT2D eigenvalue weighted by Gasteiger charge is -2.36. The lowest BCUT2D eigenvalue weighted by atomic mass is 9.96. The van der Waals surface area contributed by atoms with Crippen molar-refractivity contribution in [2.45, 2.75) is 33.2 Å². The van der Waals surface area contributed by atoms with Gasteiger partial charge in [0.05, 0.1) is 0 Å². The fourth-order valence-electron chi connectivity index (χ4n) is 2.62. The topological polar surface area (TPSA) is 79.3 Å². The molecule has 0 bridgehead atoms. The quantitative estimate of drug-likeness (QED) is 0.844. The van der Waals surface area contributed by atoms with Crippen molar-refractivity contribution in [3.05, 3.63) is 18.2 Å². The van der Waals surface area contributed by atoms with Crippen LogP contribution in [0.1, 0.15) is 39.1 Å². The molecule has 0 radical (unpaired) electrons. The van der Waals surface area contributed by atoms with Gasteiger partial charge >= 0.3 is 0 Å². The first-order valence-corrected chi connectivity index (χ1v) is 8.06. The standard InChI is InChI=1S/C16H27N5O2/c1-16(2,3)15(23)19-6-5-13(22)21-10-7-17-11-12(21)14-18-8-9-20(14)4/h8-9,12,17H,5-7,10-11H2,1-4H3,(H,19,23). The Labute approximate surface area is 137 Å². The van der Waals surface area contributed by atoms with Crippen LogP contribution in [0.5, 0.6) is 0 Å². The highest BCUT2D eigenvalue weighted by molar-refractivity contribution is 5.82. The minimum absolute atomic E-state index is 0.0359. The SMILES string of the molecule is Cn1ccnc1C1CNCCN1C(=O)CCNC(=O)C(C)(C)C. The molecule has 1 unspecified atom stereocenters. The third-order valence-electron chi connectivity index (χ3n) is 4.03. The second kappa shape index (κ2) is 7.12. The van der Waals surface area contributed by atoms with Crippen molar-refractivity contribution >= 4 is 11.8 Å². The number of amides is 2. The van der Waals surface area contributed by atoms with Crippen molar-refractivity contribution in [2.75, 3.05) is 26.2 Å². The Hall–Kier alpha value is -1.89. The van der Waals surface area contributed by atoms with Crippen LogP contribution in [0, 0.1) is 5.41 Å². The molecule has 2 N–H and O–H groups in total. The summed E-state index contributed by atoms with van der Waals surface area (Å²) < 4.78 is 1.94. The number of rotatable bonds is 4. The van der Waals surface area contributed by atoms with Crippen LogP contribution in [0.15, 0.2) is 12.4 Å². The van der Waals surface area contributed by atoms with E-state index in [1.165, 1.54) is 0 Å². The highest BCUT2D eigenvalue weighted by atomic mass is 16.2. The third kappa shape index (κ3) is 4.31. The Morgan fingerprint density at radius 1 is 1.43 bits per heavy atom. The summed E-state index contributed by atoms with van der Waals surface area (Å²) in [5.74, 6) is 0.893. The number of aromatic nitrogens is 2. The molecule has 1 saturated heterocycles. The number of hydrogen-bond acceptors (Lipinski definition) is 4. The first-order valence-electron chi connectivity index (χ1n) is 8.06. The van der Waals surface area contributed by atoms with Crippen LogP contribution in [0.2, 0.25) is 0 Å². The molecule has 7 nitrogen and oxygen atoms in total. The predicted molar refractivity (Wildman–Crippen MR) is 87.6 cm³/mol. The van der Waals surface area contributed by atoms with Crippen molar-refractivity contribution in [3.8, 4) is 0 Å². The van der Waals surface area contributed by atoms with Gasteiger partial charge in [0.15, 0.2) is 0 Å². The van der Waals surface area contributed by atoms with Gasteiger partial charge in [0.25, 0.3) is 0 Å². The Balaban J connectivity index is 1.94. The Kier molecular flexibility index (Phi) is 5.41. The molecule has 128 valence electrons. The molecule has 1 fully saturated rings. The number of hydrogen-bond donors (Lipinski definition) is 2. The van der Waals surface area contributed by atoms with Gasteiger partial charge in [-0.2, -0.15) is 0 Å². The molecule has 7 heteroatoms. The summed E-state index contributed by atoms with van der Waals surface area (Å²) in [5.41, 5.74) is -0.437. The Morgan fingerprint density at radius 2 is 2.17 bits per heavy atom. The maximum Gasteiger partial charge on any atom is 0.225 e. The number of carbonyl (C=O) groups is 2. The van der Waals surface area contributed by atoms with Gasteiger partial charge in [-0.25, -0.2) is 4.98 Å². The maximum absolute atomic E-state index is 12.6. The van der Waals surface area contributed by atoms with Gasteiger partial charge in [-0.05, 0) is 0 Å². The molecule has 23 heavy (non-hydrogen) atoms. The average Bonchev–Trinajstić information content (AvgIpc) is 2.92. The van der Waals surface area contributed by atoms with E-state index in [-0.39, 0.29) is 17.9 Å². The normalized spacial score (nSPS) is 18.8. The van der Waals surface area contributed by atoms with Crippen molar-refractivity contribution in [1.29, 1.82) is 0 Å². The summed E-state index contributed by atoms with van der Waals surface area (Å²) in [6.07, 6.45) is 3.94. The third-order valence-corrected chi connectivity index (χ3v) is 4.03. The predicted octanol–water partition coefficient (Wildman–Crippen LogP) is 0.445. The van der Waals surface area contributed by atoms with Gasteiger partial charge < -0.3 is 20.1 Å². The van der Waals surface area contributed by atoms with Gasteiger partial charge in [0.1, 0.15) is 11.9 Å². The summed E-state index contributed by atoms with van der Waals surface area (Å²) in [5, 5.41) is 6.14. The van der Waals surface area contributed by atoms with Crippen LogP contribution < -0.4 is 10.6 Å². The zero-order valence-electron chi connectivity index (χ0n) is 14.4. The number of nitrogens with zero attached hydrogens (tertiary/aromatic N) is 3. The molecule has 0 spiro atoms. The van der Waals surface area contributed by atoms with Crippen LogP contribution in [0.3, 0.4) is 0 Å². The second-order valence-electron chi connectivity index (χ2n) is 6.96. The van der Waals surface area contributed by atoms with Crippen molar-refractivity contribution in [2.24, 2.45) is 12.5 Å². The zero-order valence-corrected chi connectivity index (χ0v) is 14.4. The average molecular weight is 321 g/mol. The number of nitrogens with one attached hydrogen (secondary N) is 2. The van der Waals surface area contributed by atoms with Crippen molar-refractivity contribution < 1.29 is 9.59 Å². The van der Waals surface area contributed by atoms with Crippen LogP contribution in [0.4, 0.5) is 0 Å². The van der Waals surface area contributed by atoms with E-state index in [1.54, 1.807) is 6.20 Å². The van der Waals surface area contributed by atoms with Crippen molar-refractivity contribution in [1.82, 2.24) is 25.1 Å². The van der Waals surface area contributed by atoms with Crippen LogP contribution in [-0.4, -0.2) is 52.4 Å². The van der Waals surface area contributed by atoms with Crippen LogP contribution in [-0.2, 0) is 16.6 Å². The largest absolute Gasteiger partial charge is 0.355 e. The molecule has 2 heterocycles. The monoisotopic (exact) mass is 321 g/mol. The van der Waals surface area contributed by atoms with Gasteiger partial charge in [-0.3, -0.25) is 9.59 Å². The molecular weight excluding hydrogens is 294 g/mol. The second-order valence-corrected chi connectivity index (χ2v) is 6.96. The molecule has 2 amide bonds. The fourth-order valence-corrected chi connectivity index (χ4v) is 2.62. The molecule has 1 aromatic heterocycles. The first-order chi connectivity index (χ1) is 10.8. The summed E-state index contributed by atoms with van der Waals surface area (Å²) in [7, 11) is 1.93. The van der Waals surface area contributed by atoms with Crippen molar-refractivity contribution in [3.63, 3.8) is 0 Å². The molecule has 0 aromatic carbocycles. The zero-order chi connectivity index (χ0) is 17.0. The maximum atomic E-state index is 12.6. The smallest absolute Gasteiger partial charge is 0.225 e. The number of imidazole rings is 1. The molecule has 2 rings (SSSR count). The summed E-state index contributed by atoms with van der Waals surface area (Å²) >= 11 is 0. The minimum atomic E-state index is -0.437. The van der Waals surface area contributed by atoms with Gasteiger partial charge in [0.2, 0.25) is 11.8 Å². The molecule has 1 atom stereocenters. The minimum Gasteiger partial charge on any atom is -0.355 e. The molecule has 1 aliphatic rings. The summed E-state index contributed by atoms with van der Waals surface area (Å²) in [4.78, 5) is 30.7. The van der Waals surface area contributed by atoms with Gasteiger partial charge in [-0.15, -0.1) is 0 Å². The van der Waals surface area contributed by atoms with E-state index < -0.39 is 5.41 Å². The van der Waals surface area contributed by atoms with E-state index in [9.17, 15) is 9.59 Å². The fraction of sp³-hybridized carbons (Fsp3) is 0.688. The van der Waals surface area contributed by atoms with E-state index in [2.05, 4.69) is 15.6 Å². The molecule has 0 saturated carbocycles. The summed E-state index contributed by atoms with van der Waals surface area (Å²) in [6, 6.07) is -0.0606. The van der Waals surface area contributed by atoms with Crippen LogP contribution >= 0.6 is 0 Å². The van der Waals surface area contributed by atoms with E-state index in [0.29, 0.717) is 26.1 Å². The van der Waals surface area contributed by atoms with Crippen LogP contribution in [0.25, 0.3) is 0 Å². The Morgan fingerprint density at radius 3 is 2.78 bits per heavy atom. The highest BCUT2D eigenvalue weighted by Gasteiger charge is 2.30. The van der Waals surface area contributed by atoms with Gasteiger partial charge in [-0.1, -0.05) is 20.8 Å². The number of carbonyl (C=O) groups excluding carboxylic acids is 2. The lowest BCUT2D eigenvalue weighted by molar-refractivity contribution is -0.135. The van der Waals surface area contributed by atoms with Gasteiger partial charge in [0, 0.05) is 57.5 Å². The van der Waals surface area contributed by atoms with E-state index in [4.69, 9.17) is 0 Å². The summed E-state index contributed by atoms with van der Waals surface area (Å²) in [6.45, 7) is 8.08. The molecule has 1 aliphatic heterocycles. The highest BCUT2D eigenvalue weighted by Crippen LogP contribution is 2.21. The first kappa shape index (κ1) is 17.5. The van der Waals surface area contributed by atoms with E-state index in [1.807, 2.05) is 43.5 Å². The van der Waals surface area contributed by atoms with E-state index in [0.717, 1.165) is 12.4 Å². The lowest BCUT2D eigenvalue weighted by Crippen LogP contribution is -2.50. The molecule has 0 aliphatic carbocycles. The molecular formula is C16H27N5O2.